The number of benzene rings is 1. The molecule has 0 fully saturated rings. The minimum Gasteiger partial charge on any atom is -0.497 e. The maximum Gasteiger partial charge on any atom is 0.170 e. The molecule has 0 spiro atoms. The van der Waals surface area contributed by atoms with Gasteiger partial charge >= 0.3 is 0 Å². The molecule has 0 amide bonds. The van der Waals surface area contributed by atoms with Crippen LogP contribution in [0.3, 0.4) is 0 Å². The maximum absolute atomic E-state index is 6.45. The Bertz CT molecular complexity index is 908. The van der Waals surface area contributed by atoms with Gasteiger partial charge in [-0.1, -0.05) is 23.2 Å². The van der Waals surface area contributed by atoms with E-state index >= 15 is 0 Å². The van der Waals surface area contributed by atoms with Crippen molar-refractivity contribution in [3.63, 3.8) is 0 Å². The van der Waals surface area contributed by atoms with E-state index in [1.54, 1.807) is 37.8 Å². The van der Waals surface area contributed by atoms with E-state index in [4.69, 9.17) is 32.7 Å². The Balaban J connectivity index is 2.40. The molecule has 0 bridgehead atoms. The fraction of sp³-hybridized carbons (Fsp3) is 0.267. The van der Waals surface area contributed by atoms with Crippen LogP contribution in [-0.2, 0) is 0 Å². The first-order valence-corrected chi connectivity index (χ1v) is 7.53. The summed E-state index contributed by atoms with van der Waals surface area (Å²) < 4.78 is 12.5. The van der Waals surface area contributed by atoms with E-state index in [0.29, 0.717) is 50.2 Å². The molecule has 0 aliphatic heterocycles. The number of rotatable bonds is 3. The maximum atomic E-state index is 6.45. The van der Waals surface area contributed by atoms with E-state index < -0.39 is 0 Å². The van der Waals surface area contributed by atoms with Gasteiger partial charge in [0.05, 0.1) is 19.2 Å². The highest BCUT2D eigenvalue weighted by atomic mass is 35.5. The first-order chi connectivity index (χ1) is 11.0. The Hall–Kier alpha value is -2.05. The quantitative estimate of drug-likeness (QED) is 0.671. The molecule has 1 aromatic carbocycles. The third-order valence-corrected chi connectivity index (χ3v) is 3.98. The Morgan fingerprint density at radius 1 is 1.00 bits per heavy atom. The number of methoxy groups -OCH3 is 2. The summed E-state index contributed by atoms with van der Waals surface area (Å²) >= 11 is 12.6. The van der Waals surface area contributed by atoms with Gasteiger partial charge in [-0.3, -0.25) is 4.57 Å². The third-order valence-electron chi connectivity index (χ3n) is 3.43. The summed E-state index contributed by atoms with van der Waals surface area (Å²) in [6, 6.07) is 3.46. The molecule has 0 unspecified atom stereocenters. The van der Waals surface area contributed by atoms with E-state index in [2.05, 4.69) is 15.0 Å². The lowest BCUT2D eigenvalue weighted by molar-refractivity contribution is 0.393. The first kappa shape index (κ1) is 15.8. The first-order valence-electron chi connectivity index (χ1n) is 6.77. The highest BCUT2D eigenvalue weighted by Crippen LogP contribution is 2.37. The topological polar surface area (TPSA) is 62.1 Å². The third kappa shape index (κ3) is 2.58. The minimum atomic E-state index is 0.304. The van der Waals surface area contributed by atoms with E-state index in [-0.39, 0.29) is 0 Å². The second-order valence-corrected chi connectivity index (χ2v) is 5.65. The number of ether oxygens (including phenoxy) is 2. The summed E-state index contributed by atoms with van der Waals surface area (Å²) in [6.45, 7) is 3.61. The number of hydrogen-bond donors (Lipinski definition) is 0. The van der Waals surface area contributed by atoms with Gasteiger partial charge in [-0.25, -0.2) is 15.0 Å². The fourth-order valence-corrected chi connectivity index (χ4v) is 2.98. The predicted octanol–water partition coefficient (Wildman–Crippen LogP) is 3.76. The summed E-state index contributed by atoms with van der Waals surface area (Å²) in [5.41, 5.74) is 1.72. The number of nitrogens with zero attached hydrogens (tertiary/aromatic N) is 4. The van der Waals surface area contributed by atoms with Gasteiger partial charge in [0.1, 0.15) is 34.4 Å². The van der Waals surface area contributed by atoms with Gasteiger partial charge in [-0.15, -0.1) is 0 Å². The van der Waals surface area contributed by atoms with Crippen LogP contribution in [0.1, 0.15) is 11.6 Å². The number of imidazole rings is 1. The molecule has 2 heterocycles. The highest BCUT2D eigenvalue weighted by Gasteiger charge is 2.21. The van der Waals surface area contributed by atoms with Crippen LogP contribution in [0.5, 0.6) is 11.5 Å². The molecule has 0 N–H and O–H groups in total. The highest BCUT2D eigenvalue weighted by molar-refractivity contribution is 6.34. The second kappa shape index (κ2) is 5.86. The van der Waals surface area contributed by atoms with Crippen LogP contribution in [-0.4, -0.2) is 33.7 Å². The van der Waals surface area contributed by atoms with Crippen molar-refractivity contribution in [3.8, 4) is 17.2 Å². The average Bonchev–Trinajstić information content (AvgIpc) is 2.83. The van der Waals surface area contributed by atoms with Crippen molar-refractivity contribution in [1.82, 2.24) is 19.5 Å². The normalized spacial score (nSPS) is 11.0. The molecular formula is C15H14Cl2N4O2. The summed E-state index contributed by atoms with van der Waals surface area (Å²) in [5.74, 6) is 2.37. The molecule has 120 valence electrons. The van der Waals surface area contributed by atoms with Gasteiger partial charge in [0.15, 0.2) is 10.8 Å². The Kier molecular flexibility index (Phi) is 4.04. The molecule has 0 aliphatic rings. The molecule has 23 heavy (non-hydrogen) atoms. The number of aromatic nitrogens is 4. The van der Waals surface area contributed by atoms with Crippen molar-refractivity contribution in [2.45, 2.75) is 13.8 Å². The summed E-state index contributed by atoms with van der Waals surface area (Å²) in [4.78, 5) is 13.0. The van der Waals surface area contributed by atoms with Crippen LogP contribution in [0.2, 0.25) is 10.2 Å². The molecular weight excluding hydrogens is 339 g/mol. The summed E-state index contributed by atoms with van der Waals surface area (Å²) in [6.07, 6.45) is 0. The molecule has 0 saturated heterocycles. The zero-order valence-corrected chi connectivity index (χ0v) is 14.5. The number of halogens is 2. The zero-order chi connectivity index (χ0) is 16.7. The lowest BCUT2D eigenvalue weighted by Crippen LogP contribution is -2.04. The van der Waals surface area contributed by atoms with Crippen molar-refractivity contribution < 1.29 is 9.47 Å². The van der Waals surface area contributed by atoms with E-state index in [0.717, 1.165) is 0 Å². The van der Waals surface area contributed by atoms with Crippen molar-refractivity contribution in [2.24, 2.45) is 0 Å². The van der Waals surface area contributed by atoms with Crippen molar-refractivity contribution >= 4 is 34.4 Å². The van der Waals surface area contributed by atoms with Gasteiger partial charge in [0.25, 0.3) is 0 Å². The summed E-state index contributed by atoms with van der Waals surface area (Å²) in [7, 11) is 3.13. The fourth-order valence-electron chi connectivity index (χ4n) is 2.44. The average molecular weight is 353 g/mol. The SMILES string of the molecule is COc1cc(Cl)c(-n2c(C)nc3c(Cl)nc(C)nc32)c(OC)c1. The predicted molar refractivity (Wildman–Crippen MR) is 89.3 cm³/mol. The lowest BCUT2D eigenvalue weighted by atomic mass is 10.2. The Morgan fingerprint density at radius 2 is 1.74 bits per heavy atom. The monoisotopic (exact) mass is 352 g/mol. The van der Waals surface area contributed by atoms with Crippen LogP contribution in [0.4, 0.5) is 0 Å². The smallest absolute Gasteiger partial charge is 0.170 e. The Labute approximate surface area is 143 Å². The lowest BCUT2D eigenvalue weighted by Gasteiger charge is -2.15. The molecule has 0 saturated carbocycles. The van der Waals surface area contributed by atoms with E-state index in [1.807, 2.05) is 6.92 Å². The van der Waals surface area contributed by atoms with Crippen LogP contribution in [0, 0.1) is 13.8 Å². The molecule has 2 aromatic heterocycles. The number of hydrogen-bond acceptors (Lipinski definition) is 5. The molecule has 8 heteroatoms. The molecule has 0 radical (unpaired) electrons. The van der Waals surface area contributed by atoms with Gasteiger partial charge in [0.2, 0.25) is 0 Å². The molecule has 0 aliphatic carbocycles. The van der Waals surface area contributed by atoms with Crippen molar-refractivity contribution in [3.05, 3.63) is 34.0 Å². The number of fused-ring (bicyclic) bond motifs is 1. The van der Waals surface area contributed by atoms with Gasteiger partial charge in [-0.05, 0) is 13.8 Å². The van der Waals surface area contributed by atoms with Crippen LogP contribution in [0.15, 0.2) is 12.1 Å². The minimum absolute atomic E-state index is 0.304. The molecule has 6 nitrogen and oxygen atoms in total. The van der Waals surface area contributed by atoms with E-state index in [1.165, 1.54) is 0 Å². The zero-order valence-electron chi connectivity index (χ0n) is 13.0. The largest absolute Gasteiger partial charge is 0.497 e. The standard InChI is InChI=1S/C15H14Cl2N4O2/c1-7-18-14(17)12-15(19-7)21(8(2)20-12)13-10(16)5-9(22-3)6-11(13)23-4/h5-6H,1-4H3. The van der Waals surface area contributed by atoms with Gasteiger partial charge < -0.3 is 9.47 Å². The molecule has 3 aromatic rings. The molecule has 3 rings (SSSR count). The number of aryl methyl sites for hydroxylation is 2. The van der Waals surface area contributed by atoms with Gasteiger partial charge in [0, 0.05) is 12.1 Å². The second-order valence-electron chi connectivity index (χ2n) is 4.89. The van der Waals surface area contributed by atoms with Crippen molar-refractivity contribution in [2.75, 3.05) is 14.2 Å². The van der Waals surface area contributed by atoms with Crippen LogP contribution >= 0.6 is 23.2 Å². The Morgan fingerprint density at radius 3 is 2.39 bits per heavy atom. The van der Waals surface area contributed by atoms with Crippen LogP contribution in [0.25, 0.3) is 16.9 Å². The van der Waals surface area contributed by atoms with E-state index in [9.17, 15) is 0 Å². The van der Waals surface area contributed by atoms with Crippen molar-refractivity contribution in [1.29, 1.82) is 0 Å². The molecule has 0 atom stereocenters. The van der Waals surface area contributed by atoms with Gasteiger partial charge in [-0.2, -0.15) is 0 Å². The summed E-state index contributed by atoms with van der Waals surface area (Å²) in [5, 5.41) is 0.758. The van der Waals surface area contributed by atoms with Crippen LogP contribution < -0.4 is 9.47 Å².